The van der Waals surface area contributed by atoms with Crippen LogP contribution in [0.5, 0.6) is 0 Å². The number of nitrogens with one attached hydrogen (secondary N) is 1. The predicted molar refractivity (Wildman–Crippen MR) is 61.4 cm³/mol. The highest BCUT2D eigenvalue weighted by Crippen LogP contribution is 2.12. The molecule has 94 valence electrons. The minimum atomic E-state index is 0.151. The lowest BCUT2D eigenvalue weighted by atomic mass is 10.1. The Bertz CT molecular complexity index is 211. The monoisotopic (exact) mass is 230 g/mol. The molecule has 0 spiro atoms. The maximum Gasteiger partial charge on any atom is 0.236 e. The van der Waals surface area contributed by atoms with E-state index >= 15 is 0 Å². The number of piperidine rings is 1. The van der Waals surface area contributed by atoms with Crippen molar-refractivity contribution >= 4 is 5.91 Å². The van der Waals surface area contributed by atoms with Gasteiger partial charge in [-0.1, -0.05) is 0 Å². The molecule has 1 unspecified atom stereocenters. The van der Waals surface area contributed by atoms with Gasteiger partial charge < -0.3 is 19.7 Å². The number of hydrogen-bond donors (Lipinski definition) is 1. The molecular weight excluding hydrogens is 208 g/mol. The van der Waals surface area contributed by atoms with Crippen molar-refractivity contribution in [2.24, 2.45) is 0 Å². The van der Waals surface area contributed by atoms with E-state index in [1.54, 1.807) is 14.2 Å². The molecule has 1 rings (SSSR count). The summed E-state index contributed by atoms with van der Waals surface area (Å²) in [6.07, 6.45) is 2.29. The van der Waals surface area contributed by atoms with Crippen LogP contribution in [-0.4, -0.2) is 63.9 Å². The van der Waals surface area contributed by atoms with Gasteiger partial charge in [0.1, 0.15) is 0 Å². The standard InChI is InChI=1S/C11H22N2O3/c1-15-7-5-12-8-11(14)13-6-3-4-10(9-13)16-2/h10,12H,3-9H2,1-2H3. The molecule has 1 aliphatic heterocycles. The number of carbonyl (C=O) groups excluding carboxylic acids is 1. The van der Waals surface area contributed by atoms with Crippen LogP contribution in [0.1, 0.15) is 12.8 Å². The summed E-state index contributed by atoms with van der Waals surface area (Å²) in [5.41, 5.74) is 0. The van der Waals surface area contributed by atoms with Crippen molar-refractivity contribution in [2.75, 3.05) is 47.0 Å². The summed E-state index contributed by atoms with van der Waals surface area (Å²) in [5.74, 6) is 0.151. The third kappa shape index (κ3) is 4.47. The lowest BCUT2D eigenvalue weighted by Gasteiger charge is -2.32. The molecule has 0 aromatic carbocycles. The number of hydrogen-bond acceptors (Lipinski definition) is 4. The number of methoxy groups -OCH3 is 2. The normalized spacial score (nSPS) is 21.1. The molecule has 1 atom stereocenters. The zero-order chi connectivity index (χ0) is 11.8. The Hall–Kier alpha value is -0.650. The molecule has 0 radical (unpaired) electrons. The van der Waals surface area contributed by atoms with E-state index in [9.17, 15) is 4.79 Å². The second-order valence-electron chi connectivity index (χ2n) is 4.01. The van der Waals surface area contributed by atoms with Crippen LogP contribution < -0.4 is 5.32 Å². The van der Waals surface area contributed by atoms with Gasteiger partial charge in [0.25, 0.3) is 0 Å². The highest BCUT2D eigenvalue weighted by molar-refractivity contribution is 5.78. The Kier molecular flexibility index (Phi) is 6.37. The summed E-state index contributed by atoms with van der Waals surface area (Å²) >= 11 is 0. The minimum absolute atomic E-state index is 0.151. The zero-order valence-corrected chi connectivity index (χ0v) is 10.2. The SMILES string of the molecule is COCCNCC(=O)N1CCCC(OC)C1. The summed E-state index contributed by atoms with van der Waals surface area (Å²) < 4.78 is 10.2. The molecule has 5 heteroatoms. The van der Waals surface area contributed by atoms with Gasteiger partial charge in [0.2, 0.25) is 5.91 Å². The molecule has 1 fully saturated rings. The van der Waals surface area contributed by atoms with E-state index in [1.165, 1.54) is 0 Å². The summed E-state index contributed by atoms with van der Waals surface area (Å²) in [4.78, 5) is 13.7. The second kappa shape index (κ2) is 7.60. The van der Waals surface area contributed by atoms with Crippen LogP contribution in [0.25, 0.3) is 0 Å². The van der Waals surface area contributed by atoms with Crippen LogP contribution in [0.4, 0.5) is 0 Å². The fraction of sp³-hybridized carbons (Fsp3) is 0.909. The Morgan fingerprint density at radius 1 is 1.50 bits per heavy atom. The van der Waals surface area contributed by atoms with Gasteiger partial charge in [-0.25, -0.2) is 0 Å². The van der Waals surface area contributed by atoms with Crippen LogP contribution in [0.15, 0.2) is 0 Å². The Labute approximate surface area is 97.1 Å². The van der Waals surface area contributed by atoms with Gasteiger partial charge in [0, 0.05) is 33.9 Å². The van der Waals surface area contributed by atoms with E-state index in [0.29, 0.717) is 19.7 Å². The van der Waals surface area contributed by atoms with Gasteiger partial charge in [-0.2, -0.15) is 0 Å². The Morgan fingerprint density at radius 3 is 3.00 bits per heavy atom. The maximum atomic E-state index is 11.8. The number of ether oxygens (including phenoxy) is 2. The topological polar surface area (TPSA) is 50.8 Å². The first kappa shape index (κ1) is 13.4. The number of amides is 1. The average molecular weight is 230 g/mol. The summed E-state index contributed by atoms with van der Waals surface area (Å²) in [5, 5.41) is 3.06. The van der Waals surface area contributed by atoms with Crippen LogP contribution in [0.3, 0.4) is 0 Å². The van der Waals surface area contributed by atoms with Crippen molar-refractivity contribution in [1.29, 1.82) is 0 Å². The predicted octanol–water partition coefficient (Wildman–Crippen LogP) is -0.140. The molecule has 1 amide bonds. The average Bonchev–Trinajstić information content (AvgIpc) is 2.34. The molecule has 0 aromatic rings. The van der Waals surface area contributed by atoms with Crippen LogP contribution in [0, 0.1) is 0 Å². The Balaban J connectivity index is 2.19. The van der Waals surface area contributed by atoms with E-state index < -0.39 is 0 Å². The van der Waals surface area contributed by atoms with Gasteiger partial charge in [0.15, 0.2) is 0 Å². The molecule has 1 aliphatic rings. The maximum absolute atomic E-state index is 11.8. The van der Waals surface area contributed by atoms with Crippen molar-refractivity contribution in [1.82, 2.24) is 10.2 Å². The fourth-order valence-electron chi connectivity index (χ4n) is 1.84. The molecule has 1 heterocycles. The molecule has 0 bridgehead atoms. The van der Waals surface area contributed by atoms with E-state index in [2.05, 4.69) is 5.32 Å². The summed E-state index contributed by atoms with van der Waals surface area (Å²) in [7, 11) is 3.35. The number of carbonyl (C=O) groups is 1. The molecule has 16 heavy (non-hydrogen) atoms. The fourth-order valence-corrected chi connectivity index (χ4v) is 1.84. The molecule has 1 saturated heterocycles. The van der Waals surface area contributed by atoms with Gasteiger partial charge in [-0.15, -0.1) is 0 Å². The van der Waals surface area contributed by atoms with E-state index in [4.69, 9.17) is 9.47 Å². The number of rotatable bonds is 6. The molecule has 5 nitrogen and oxygen atoms in total. The lowest BCUT2D eigenvalue weighted by Crippen LogP contribution is -2.46. The first-order valence-electron chi connectivity index (χ1n) is 5.78. The van der Waals surface area contributed by atoms with Crippen LogP contribution in [-0.2, 0) is 14.3 Å². The quantitative estimate of drug-likeness (QED) is 0.645. The molecule has 1 N–H and O–H groups in total. The largest absolute Gasteiger partial charge is 0.383 e. The van der Waals surface area contributed by atoms with Gasteiger partial charge in [-0.05, 0) is 12.8 Å². The smallest absolute Gasteiger partial charge is 0.236 e. The van der Waals surface area contributed by atoms with E-state index in [1.807, 2.05) is 4.90 Å². The first-order valence-corrected chi connectivity index (χ1v) is 5.78. The third-order valence-electron chi connectivity index (χ3n) is 2.82. The van der Waals surface area contributed by atoms with E-state index in [-0.39, 0.29) is 12.0 Å². The van der Waals surface area contributed by atoms with Crippen molar-refractivity contribution in [3.05, 3.63) is 0 Å². The van der Waals surface area contributed by atoms with Crippen molar-refractivity contribution < 1.29 is 14.3 Å². The molecule has 0 aromatic heterocycles. The zero-order valence-electron chi connectivity index (χ0n) is 10.2. The highest BCUT2D eigenvalue weighted by atomic mass is 16.5. The second-order valence-corrected chi connectivity index (χ2v) is 4.01. The van der Waals surface area contributed by atoms with Gasteiger partial charge in [-0.3, -0.25) is 4.79 Å². The summed E-state index contributed by atoms with van der Waals surface area (Å²) in [6, 6.07) is 0. The first-order chi connectivity index (χ1) is 7.77. The lowest BCUT2D eigenvalue weighted by molar-refractivity contribution is -0.133. The molecule has 0 saturated carbocycles. The Morgan fingerprint density at radius 2 is 2.31 bits per heavy atom. The van der Waals surface area contributed by atoms with Crippen molar-refractivity contribution in [3.63, 3.8) is 0 Å². The molecule has 0 aliphatic carbocycles. The van der Waals surface area contributed by atoms with Crippen LogP contribution in [0.2, 0.25) is 0 Å². The van der Waals surface area contributed by atoms with Gasteiger partial charge >= 0.3 is 0 Å². The summed E-state index contributed by atoms with van der Waals surface area (Å²) in [6.45, 7) is 3.31. The van der Waals surface area contributed by atoms with E-state index in [0.717, 1.165) is 25.9 Å². The number of nitrogens with zero attached hydrogens (tertiary/aromatic N) is 1. The van der Waals surface area contributed by atoms with Crippen molar-refractivity contribution in [3.8, 4) is 0 Å². The highest BCUT2D eigenvalue weighted by Gasteiger charge is 2.22. The van der Waals surface area contributed by atoms with Crippen molar-refractivity contribution in [2.45, 2.75) is 18.9 Å². The minimum Gasteiger partial charge on any atom is -0.383 e. The van der Waals surface area contributed by atoms with Gasteiger partial charge in [0.05, 0.1) is 19.3 Å². The third-order valence-corrected chi connectivity index (χ3v) is 2.82. The molecular formula is C11H22N2O3. The number of likely N-dealkylation sites (tertiary alicyclic amines) is 1. The van der Waals surface area contributed by atoms with Crippen LogP contribution >= 0.6 is 0 Å².